The Morgan fingerprint density at radius 3 is 2.57 bits per heavy atom. The molecule has 0 saturated heterocycles. The lowest BCUT2D eigenvalue weighted by atomic mass is 9.92. The van der Waals surface area contributed by atoms with Gasteiger partial charge in [-0.05, 0) is 37.1 Å². The van der Waals surface area contributed by atoms with Gasteiger partial charge in [-0.3, -0.25) is 5.41 Å². The molecule has 0 aliphatic heterocycles. The van der Waals surface area contributed by atoms with Crippen molar-refractivity contribution < 1.29 is 5.11 Å². The van der Waals surface area contributed by atoms with Crippen LogP contribution in [0.2, 0.25) is 0 Å². The van der Waals surface area contributed by atoms with Crippen molar-refractivity contribution in [1.29, 1.82) is 10.7 Å². The van der Waals surface area contributed by atoms with Crippen molar-refractivity contribution in [2.24, 2.45) is 0 Å². The van der Waals surface area contributed by atoms with Crippen LogP contribution in [0.3, 0.4) is 0 Å². The summed E-state index contributed by atoms with van der Waals surface area (Å²) in [5.74, 6) is -0.693. The zero-order chi connectivity index (χ0) is 17.0. The molecule has 0 saturated carbocycles. The Morgan fingerprint density at radius 2 is 1.96 bits per heavy atom. The number of nitriles is 1. The molecule has 0 aliphatic carbocycles. The first-order valence-corrected chi connectivity index (χ1v) is 7.98. The van der Waals surface area contributed by atoms with Crippen LogP contribution in [0.1, 0.15) is 30.9 Å². The third-order valence-corrected chi connectivity index (χ3v) is 4.50. The van der Waals surface area contributed by atoms with Crippen LogP contribution in [0.4, 0.5) is 5.69 Å². The van der Waals surface area contributed by atoms with Crippen LogP contribution in [-0.4, -0.2) is 10.2 Å². The van der Waals surface area contributed by atoms with Crippen molar-refractivity contribution in [1.82, 2.24) is 0 Å². The highest BCUT2D eigenvalue weighted by molar-refractivity contribution is 8.14. The number of aliphatic hydroxyl groups is 1. The van der Waals surface area contributed by atoms with Gasteiger partial charge in [-0.2, -0.15) is 5.26 Å². The normalized spacial score (nSPS) is 12.4. The minimum Gasteiger partial charge on any atom is -0.398 e. The van der Waals surface area contributed by atoms with Gasteiger partial charge >= 0.3 is 0 Å². The molecule has 23 heavy (non-hydrogen) atoms. The molecule has 0 aliphatic rings. The molecule has 0 amide bonds. The summed E-state index contributed by atoms with van der Waals surface area (Å²) < 4.78 is 0. The molecular weight excluding hydrogens is 306 g/mol. The fraction of sp³-hybridized carbons (Fsp3) is 0.222. The Kier molecular flexibility index (Phi) is 5.09. The minimum atomic E-state index is -0.991. The molecule has 0 heterocycles. The fourth-order valence-electron chi connectivity index (χ4n) is 2.13. The zero-order valence-corrected chi connectivity index (χ0v) is 13.9. The van der Waals surface area contributed by atoms with Gasteiger partial charge in [0.15, 0.2) is 0 Å². The van der Waals surface area contributed by atoms with Crippen LogP contribution >= 0.6 is 11.8 Å². The van der Waals surface area contributed by atoms with Crippen molar-refractivity contribution in [3.63, 3.8) is 0 Å². The first-order chi connectivity index (χ1) is 10.8. The van der Waals surface area contributed by atoms with Gasteiger partial charge in [-0.15, -0.1) is 0 Å². The maximum Gasteiger partial charge on any atom is 0.119 e. The lowest BCUT2D eigenvalue weighted by Crippen LogP contribution is -2.16. The molecular formula is C18H19N3OS. The van der Waals surface area contributed by atoms with Gasteiger partial charge in [0.1, 0.15) is 5.92 Å². The van der Waals surface area contributed by atoms with Crippen molar-refractivity contribution in [2.45, 2.75) is 30.3 Å². The van der Waals surface area contributed by atoms with E-state index in [-0.39, 0.29) is 5.04 Å². The van der Waals surface area contributed by atoms with Crippen LogP contribution in [0.25, 0.3) is 0 Å². The van der Waals surface area contributed by atoms with E-state index >= 15 is 0 Å². The second-order valence-electron chi connectivity index (χ2n) is 5.75. The van der Waals surface area contributed by atoms with Crippen molar-refractivity contribution in [3.8, 4) is 6.07 Å². The summed E-state index contributed by atoms with van der Waals surface area (Å²) in [6.07, 6.45) is 0. The first kappa shape index (κ1) is 17.1. The van der Waals surface area contributed by atoms with Gasteiger partial charge in [-0.25, -0.2) is 0 Å². The number of rotatable bonds is 4. The van der Waals surface area contributed by atoms with Gasteiger partial charge in [0, 0.05) is 10.6 Å². The molecule has 5 heteroatoms. The van der Waals surface area contributed by atoms with E-state index in [1.807, 2.05) is 24.3 Å². The molecule has 118 valence electrons. The van der Waals surface area contributed by atoms with Gasteiger partial charge in [0.2, 0.25) is 0 Å². The number of nitrogens with zero attached hydrogens (tertiary/aromatic N) is 1. The predicted molar refractivity (Wildman–Crippen MR) is 94.5 cm³/mol. The second-order valence-corrected chi connectivity index (χ2v) is 6.83. The number of nitrogens with two attached hydrogens (primary N) is 1. The quantitative estimate of drug-likeness (QED) is 0.344. The molecule has 0 spiro atoms. The molecule has 1 unspecified atom stereocenters. The van der Waals surface area contributed by atoms with Crippen molar-refractivity contribution in [2.75, 3.05) is 5.73 Å². The molecule has 0 fully saturated rings. The molecule has 0 aromatic heterocycles. The van der Waals surface area contributed by atoms with Crippen molar-refractivity contribution in [3.05, 3.63) is 59.7 Å². The Morgan fingerprint density at radius 1 is 1.26 bits per heavy atom. The number of hydrogen-bond acceptors (Lipinski definition) is 5. The molecule has 2 aromatic carbocycles. The summed E-state index contributed by atoms with van der Waals surface area (Å²) in [5, 5.41) is 28.1. The lowest BCUT2D eigenvalue weighted by molar-refractivity contribution is 0.0785. The van der Waals surface area contributed by atoms with E-state index in [1.54, 1.807) is 38.1 Å². The zero-order valence-electron chi connectivity index (χ0n) is 13.1. The Bertz CT molecular complexity index is 759. The number of hydrogen-bond donors (Lipinski definition) is 3. The van der Waals surface area contributed by atoms with Crippen LogP contribution in [0, 0.1) is 16.7 Å². The number of anilines is 1. The molecule has 4 N–H and O–H groups in total. The average Bonchev–Trinajstić information content (AvgIpc) is 2.50. The SMILES string of the molecule is CC(C)(O)c1cccc(C(C#N)C(=N)Sc2ccccc2N)c1. The predicted octanol–water partition coefficient (Wildman–Crippen LogP) is 3.87. The third-order valence-electron chi connectivity index (χ3n) is 3.46. The summed E-state index contributed by atoms with van der Waals surface area (Å²) in [7, 11) is 0. The van der Waals surface area contributed by atoms with E-state index in [0.29, 0.717) is 16.8 Å². The number of nitrogens with one attached hydrogen (secondary N) is 1. The average molecular weight is 325 g/mol. The topological polar surface area (TPSA) is 93.9 Å². The van der Waals surface area contributed by atoms with E-state index in [1.165, 1.54) is 11.8 Å². The number of thioether (sulfide) groups is 1. The van der Waals surface area contributed by atoms with E-state index in [4.69, 9.17) is 11.1 Å². The summed E-state index contributed by atoms with van der Waals surface area (Å²) in [6.45, 7) is 3.39. The summed E-state index contributed by atoms with van der Waals surface area (Å²) in [5.41, 5.74) is 6.90. The summed E-state index contributed by atoms with van der Waals surface area (Å²) in [6, 6.07) is 16.6. The molecule has 0 bridgehead atoms. The van der Waals surface area contributed by atoms with Gasteiger partial charge < -0.3 is 10.8 Å². The van der Waals surface area contributed by atoms with E-state index in [2.05, 4.69) is 6.07 Å². The summed E-state index contributed by atoms with van der Waals surface area (Å²) in [4.78, 5) is 0.761. The second kappa shape index (κ2) is 6.86. The maximum absolute atomic E-state index is 10.1. The van der Waals surface area contributed by atoms with E-state index in [0.717, 1.165) is 4.90 Å². The Labute approximate surface area is 140 Å². The van der Waals surface area contributed by atoms with Crippen molar-refractivity contribution >= 4 is 22.5 Å². The Hall–Kier alpha value is -2.29. The van der Waals surface area contributed by atoms with Crippen LogP contribution in [-0.2, 0) is 5.60 Å². The first-order valence-electron chi connectivity index (χ1n) is 7.16. The maximum atomic E-state index is 10.1. The number of benzene rings is 2. The Balaban J connectivity index is 2.28. The summed E-state index contributed by atoms with van der Waals surface area (Å²) >= 11 is 1.18. The lowest BCUT2D eigenvalue weighted by Gasteiger charge is -2.20. The molecule has 2 rings (SSSR count). The molecule has 0 radical (unpaired) electrons. The van der Waals surface area contributed by atoms with Crippen LogP contribution < -0.4 is 5.73 Å². The highest BCUT2D eigenvalue weighted by Gasteiger charge is 2.22. The minimum absolute atomic E-state index is 0.207. The molecule has 4 nitrogen and oxygen atoms in total. The van der Waals surface area contributed by atoms with Gasteiger partial charge in [0.25, 0.3) is 0 Å². The molecule has 1 atom stereocenters. The highest BCUT2D eigenvalue weighted by atomic mass is 32.2. The fourth-order valence-corrected chi connectivity index (χ4v) is 3.01. The number of nitrogen functional groups attached to an aromatic ring is 1. The van der Waals surface area contributed by atoms with Crippen LogP contribution in [0.15, 0.2) is 53.4 Å². The van der Waals surface area contributed by atoms with Gasteiger partial charge in [0.05, 0.1) is 16.7 Å². The van der Waals surface area contributed by atoms with E-state index < -0.39 is 11.5 Å². The van der Waals surface area contributed by atoms with Crippen LogP contribution in [0.5, 0.6) is 0 Å². The third kappa shape index (κ3) is 4.13. The monoisotopic (exact) mass is 325 g/mol. The van der Waals surface area contributed by atoms with E-state index in [9.17, 15) is 10.4 Å². The standard InChI is InChI=1S/C18H19N3OS/c1-18(2,22)13-7-5-6-12(10-13)14(11-19)17(21)23-16-9-4-3-8-15(16)20/h3-10,14,21-22H,20H2,1-2H3. The number of para-hydroxylation sites is 1. The van der Waals surface area contributed by atoms with Gasteiger partial charge in [-0.1, -0.05) is 48.2 Å². The highest BCUT2D eigenvalue weighted by Crippen LogP contribution is 2.32. The largest absolute Gasteiger partial charge is 0.398 e. The smallest absolute Gasteiger partial charge is 0.119 e. The molecule has 2 aromatic rings.